The van der Waals surface area contributed by atoms with Gasteiger partial charge in [0, 0.05) is 49.5 Å². The summed E-state index contributed by atoms with van der Waals surface area (Å²) in [4.78, 5) is 11.7. The quantitative estimate of drug-likeness (QED) is 0.360. The molecule has 1 saturated carbocycles. The molecular weight excluding hydrogens is 460 g/mol. The van der Waals surface area contributed by atoms with Crippen LogP contribution in [0.1, 0.15) is 45.1 Å². The van der Waals surface area contributed by atoms with Crippen molar-refractivity contribution in [2.24, 2.45) is 0 Å². The summed E-state index contributed by atoms with van der Waals surface area (Å²) in [6, 6.07) is 19.8. The Labute approximate surface area is 218 Å². The summed E-state index contributed by atoms with van der Waals surface area (Å²) in [6.45, 7) is 5.73. The van der Waals surface area contributed by atoms with Gasteiger partial charge >= 0.3 is 0 Å². The number of rotatable bonds is 6. The summed E-state index contributed by atoms with van der Waals surface area (Å²) in [5, 5.41) is 4.59. The van der Waals surface area contributed by atoms with Crippen LogP contribution < -0.4 is 15.8 Å². The van der Waals surface area contributed by atoms with E-state index in [9.17, 15) is 0 Å². The molecule has 0 amide bonds. The third-order valence-electron chi connectivity index (χ3n) is 8.14. The van der Waals surface area contributed by atoms with Crippen molar-refractivity contribution in [2.45, 2.75) is 57.2 Å². The number of benzene rings is 2. The number of hydrogen-bond acceptors (Lipinski definition) is 6. The lowest BCUT2D eigenvalue weighted by molar-refractivity contribution is 0.103. The number of piperazine rings is 1. The largest absolute Gasteiger partial charge is 0.457 e. The molecule has 1 saturated heterocycles. The van der Waals surface area contributed by atoms with Gasteiger partial charge in [0.25, 0.3) is 0 Å². The molecule has 1 atom stereocenters. The van der Waals surface area contributed by atoms with E-state index in [4.69, 9.17) is 15.5 Å². The second-order valence-corrected chi connectivity index (χ2v) is 10.4. The van der Waals surface area contributed by atoms with Crippen LogP contribution in [0.25, 0.3) is 22.2 Å². The van der Waals surface area contributed by atoms with Crippen molar-refractivity contribution in [1.29, 1.82) is 0 Å². The van der Waals surface area contributed by atoms with Gasteiger partial charge in [0.2, 0.25) is 0 Å². The fourth-order valence-corrected chi connectivity index (χ4v) is 6.09. The minimum atomic E-state index is 0.423. The Morgan fingerprint density at radius 3 is 2.43 bits per heavy atom. The number of fused-ring (bicyclic) bond motifs is 1. The molecule has 2 aromatic carbocycles. The highest BCUT2D eigenvalue weighted by molar-refractivity contribution is 6.00. The van der Waals surface area contributed by atoms with Gasteiger partial charge in [-0.3, -0.25) is 4.90 Å². The average Bonchev–Trinajstić information content (AvgIpc) is 3.35. The second kappa shape index (κ2) is 10.5. The van der Waals surface area contributed by atoms with Crippen molar-refractivity contribution in [1.82, 2.24) is 24.8 Å². The topological polar surface area (TPSA) is 81.2 Å². The third-order valence-corrected chi connectivity index (χ3v) is 8.14. The highest BCUT2D eigenvalue weighted by atomic mass is 16.5. The van der Waals surface area contributed by atoms with Crippen LogP contribution in [0.2, 0.25) is 0 Å². The normalized spacial score (nSPS) is 22.8. The summed E-state index contributed by atoms with van der Waals surface area (Å²) in [5.41, 5.74) is 9.51. The van der Waals surface area contributed by atoms with Crippen LogP contribution in [0.4, 0.5) is 5.82 Å². The van der Waals surface area contributed by atoms with E-state index in [0.717, 1.165) is 59.6 Å². The van der Waals surface area contributed by atoms with Gasteiger partial charge in [0.1, 0.15) is 29.3 Å². The van der Waals surface area contributed by atoms with Crippen LogP contribution >= 0.6 is 0 Å². The van der Waals surface area contributed by atoms with Crippen LogP contribution in [0.3, 0.4) is 0 Å². The third kappa shape index (κ3) is 4.93. The summed E-state index contributed by atoms with van der Waals surface area (Å²) in [7, 11) is 0. The smallest absolute Gasteiger partial charge is 0.146 e. The van der Waals surface area contributed by atoms with Crippen molar-refractivity contribution in [3.63, 3.8) is 0 Å². The van der Waals surface area contributed by atoms with E-state index < -0.39 is 0 Å². The van der Waals surface area contributed by atoms with Crippen molar-refractivity contribution in [2.75, 3.05) is 25.4 Å². The Morgan fingerprint density at radius 1 is 0.946 bits per heavy atom. The SMILES string of the molecule is CC[C@H]1CN([C@H]2CC[C@@H](n3cc(-c4ccc(Oc5ccccc5)cc4)c4c(N)ncnc43)CC2)CCN1. The molecule has 2 aromatic heterocycles. The zero-order valence-corrected chi connectivity index (χ0v) is 21.5. The Hall–Kier alpha value is -3.42. The van der Waals surface area contributed by atoms with Crippen molar-refractivity contribution in [3.05, 3.63) is 67.1 Å². The molecule has 0 radical (unpaired) electrons. The molecule has 1 aliphatic carbocycles. The molecule has 3 N–H and O–H groups in total. The van der Waals surface area contributed by atoms with Gasteiger partial charge in [-0.2, -0.15) is 0 Å². The number of ether oxygens (including phenoxy) is 1. The van der Waals surface area contributed by atoms with Gasteiger partial charge in [-0.15, -0.1) is 0 Å². The molecule has 1 aliphatic heterocycles. The van der Waals surface area contributed by atoms with Crippen LogP contribution in [-0.2, 0) is 0 Å². The first kappa shape index (κ1) is 23.9. The Kier molecular flexibility index (Phi) is 6.81. The number of anilines is 1. The first-order valence-electron chi connectivity index (χ1n) is 13.6. The number of nitrogens with one attached hydrogen (secondary N) is 1. The maximum absolute atomic E-state index is 6.41. The highest BCUT2D eigenvalue weighted by Crippen LogP contribution is 2.39. The minimum absolute atomic E-state index is 0.423. The number of aromatic nitrogens is 3. The van der Waals surface area contributed by atoms with Gasteiger partial charge in [-0.05, 0) is 61.9 Å². The monoisotopic (exact) mass is 496 g/mol. The lowest BCUT2D eigenvalue weighted by Crippen LogP contribution is -2.54. The summed E-state index contributed by atoms with van der Waals surface area (Å²) < 4.78 is 8.35. The Balaban J connectivity index is 1.23. The average molecular weight is 497 g/mol. The highest BCUT2D eigenvalue weighted by Gasteiger charge is 2.30. The summed E-state index contributed by atoms with van der Waals surface area (Å²) in [6.07, 6.45) is 9.79. The van der Waals surface area contributed by atoms with E-state index in [1.54, 1.807) is 6.33 Å². The van der Waals surface area contributed by atoms with E-state index in [1.807, 2.05) is 42.5 Å². The first-order chi connectivity index (χ1) is 18.2. The van der Waals surface area contributed by atoms with Gasteiger partial charge in [-0.25, -0.2) is 9.97 Å². The van der Waals surface area contributed by atoms with Gasteiger partial charge in [0.05, 0.1) is 5.39 Å². The molecule has 0 bridgehead atoms. The molecule has 7 nitrogen and oxygen atoms in total. The van der Waals surface area contributed by atoms with Crippen LogP contribution in [0.5, 0.6) is 11.5 Å². The molecule has 0 spiro atoms. The predicted octanol–water partition coefficient (Wildman–Crippen LogP) is 5.64. The van der Waals surface area contributed by atoms with E-state index in [-0.39, 0.29) is 0 Å². The van der Waals surface area contributed by atoms with E-state index in [0.29, 0.717) is 23.9 Å². The van der Waals surface area contributed by atoms with Crippen LogP contribution in [0.15, 0.2) is 67.1 Å². The molecular formula is C30H36N6O. The van der Waals surface area contributed by atoms with Crippen molar-refractivity contribution >= 4 is 16.9 Å². The molecule has 2 aliphatic rings. The minimum Gasteiger partial charge on any atom is -0.457 e. The number of nitrogens with two attached hydrogens (primary N) is 1. The first-order valence-corrected chi connectivity index (χ1v) is 13.6. The molecule has 3 heterocycles. The predicted molar refractivity (Wildman–Crippen MR) is 149 cm³/mol. The lowest BCUT2D eigenvalue weighted by Gasteiger charge is -2.42. The summed E-state index contributed by atoms with van der Waals surface area (Å²) in [5.74, 6) is 2.16. The van der Waals surface area contributed by atoms with E-state index >= 15 is 0 Å². The fraction of sp³-hybridized carbons (Fsp3) is 0.400. The van der Waals surface area contributed by atoms with E-state index in [2.05, 4.69) is 45.0 Å². The van der Waals surface area contributed by atoms with Gasteiger partial charge < -0.3 is 20.4 Å². The number of hydrogen-bond donors (Lipinski definition) is 2. The fourth-order valence-electron chi connectivity index (χ4n) is 6.09. The molecule has 7 heteroatoms. The molecule has 192 valence electrons. The number of para-hydroxylation sites is 1. The number of nitrogens with zero attached hydrogens (tertiary/aromatic N) is 4. The van der Waals surface area contributed by atoms with Crippen molar-refractivity contribution < 1.29 is 4.74 Å². The van der Waals surface area contributed by atoms with Gasteiger partial charge in [-0.1, -0.05) is 37.3 Å². The Bertz CT molecular complexity index is 1330. The second-order valence-electron chi connectivity index (χ2n) is 10.4. The zero-order chi connectivity index (χ0) is 25.2. The maximum atomic E-state index is 6.41. The molecule has 37 heavy (non-hydrogen) atoms. The van der Waals surface area contributed by atoms with Crippen LogP contribution in [0, 0.1) is 0 Å². The lowest BCUT2D eigenvalue weighted by atomic mass is 9.89. The molecule has 4 aromatic rings. The molecule has 0 unspecified atom stereocenters. The molecule has 6 rings (SSSR count). The number of nitrogen functional groups attached to an aromatic ring is 1. The molecule has 2 fully saturated rings. The summed E-state index contributed by atoms with van der Waals surface area (Å²) >= 11 is 0. The van der Waals surface area contributed by atoms with Crippen molar-refractivity contribution in [3.8, 4) is 22.6 Å². The van der Waals surface area contributed by atoms with Gasteiger partial charge in [0.15, 0.2) is 0 Å². The zero-order valence-electron chi connectivity index (χ0n) is 21.5. The van der Waals surface area contributed by atoms with E-state index in [1.165, 1.54) is 25.8 Å². The maximum Gasteiger partial charge on any atom is 0.146 e. The van der Waals surface area contributed by atoms with Crippen LogP contribution in [-0.4, -0.2) is 51.2 Å². The standard InChI is InChI=1S/C30H36N6O/c1-2-22-18-35(17-16-32-22)23-10-12-24(13-11-23)36-19-27(28-29(31)33-20-34-30(28)36)21-8-14-26(15-9-21)37-25-6-4-3-5-7-25/h3-9,14-15,19-20,22-24,32H,2,10-13,16-18H2,1H3,(H2,31,33,34)/t22-,23-,24+/m0/s1. The Morgan fingerprint density at radius 2 is 1.68 bits per heavy atom.